The lowest BCUT2D eigenvalue weighted by Gasteiger charge is -2.36. The highest BCUT2D eigenvalue weighted by molar-refractivity contribution is 5.78. The number of amides is 1. The fraction of sp³-hybridized carbons (Fsp3) is 0.533. The molecule has 1 aliphatic rings. The summed E-state index contributed by atoms with van der Waals surface area (Å²) in [4.78, 5) is 14.1. The van der Waals surface area contributed by atoms with Crippen molar-refractivity contribution >= 4 is 5.91 Å². The molecular formula is C15H22N2O. The van der Waals surface area contributed by atoms with E-state index in [0.29, 0.717) is 18.9 Å². The van der Waals surface area contributed by atoms with Gasteiger partial charge < -0.3 is 10.6 Å². The summed E-state index contributed by atoms with van der Waals surface area (Å²) in [5.74, 6) is 0.775. The third kappa shape index (κ3) is 3.10. The minimum atomic E-state index is 0.142. The van der Waals surface area contributed by atoms with E-state index < -0.39 is 0 Å². The summed E-state index contributed by atoms with van der Waals surface area (Å²) in [6, 6.07) is 10.0. The predicted octanol–water partition coefficient (Wildman–Crippen LogP) is 1.81. The molecule has 2 rings (SSSR count). The van der Waals surface area contributed by atoms with Crippen LogP contribution < -0.4 is 5.73 Å². The van der Waals surface area contributed by atoms with Crippen molar-refractivity contribution in [3.8, 4) is 0 Å². The largest absolute Gasteiger partial charge is 0.341 e. The maximum atomic E-state index is 12.2. The molecule has 1 aliphatic heterocycles. The first kappa shape index (κ1) is 13.1. The lowest BCUT2D eigenvalue weighted by atomic mass is 9.90. The fourth-order valence-electron chi connectivity index (χ4n) is 2.65. The zero-order valence-electron chi connectivity index (χ0n) is 11.0. The molecule has 1 heterocycles. The van der Waals surface area contributed by atoms with Crippen molar-refractivity contribution < 1.29 is 4.79 Å². The molecule has 2 unspecified atom stereocenters. The van der Waals surface area contributed by atoms with Crippen LogP contribution in [-0.2, 0) is 11.2 Å². The summed E-state index contributed by atoms with van der Waals surface area (Å²) in [6.07, 6.45) is 2.64. The second-order valence-corrected chi connectivity index (χ2v) is 5.12. The number of rotatable bonds is 3. The highest BCUT2D eigenvalue weighted by atomic mass is 16.2. The lowest BCUT2D eigenvalue weighted by molar-refractivity contribution is -0.132. The monoisotopic (exact) mass is 246 g/mol. The molecule has 2 atom stereocenters. The molecule has 2 N–H and O–H groups in total. The Kier molecular flexibility index (Phi) is 4.37. The lowest BCUT2D eigenvalue weighted by Crippen LogP contribution is -2.50. The zero-order chi connectivity index (χ0) is 13.0. The number of piperidine rings is 1. The number of carbonyl (C=O) groups is 1. The smallest absolute Gasteiger partial charge is 0.227 e. The van der Waals surface area contributed by atoms with Crippen molar-refractivity contribution in [3.63, 3.8) is 0 Å². The maximum Gasteiger partial charge on any atom is 0.227 e. The minimum Gasteiger partial charge on any atom is -0.341 e. The second kappa shape index (κ2) is 6.01. The van der Waals surface area contributed by atoms with Gasteiger partial charge in [-0.05, 0) is 17.9 Å². The maximum absolute atomic E-state index is 12.2. The molecule has 98 valence electrons. The van der Waals surface area contributed by atoms with Gasteiger partial charge in [0.2, 0.25) is 5.91 Å². The Morgan fingerprint density at radius 2 is 2.11 bits per heavy atom. The normalized spacial score (nSPS) is 24.0. The Morgan fingerprint density at radius 3 is 2.72 bits per heavy atom. The van der Waals surface area contributed by atoms with E-state index in [2.05, 4.69) is 6.92 Å². The molecule has 3 nitrogen and oxygen atoms in total. The third-order valence-electron chi connectivity index (χ3n) is 3.88. The summed E-state index contributed by atoms with van der Waals surface area (Å²) < 4.78 is 0. The summed E-state index contributed by atoms with van der Waals surface area (Å²) in [5, 5.41) is 0. The van der Waals surface area contributed by atoms with Gasteiger partial charge in [0.15, 0.2) is 0 Å². The molecule has 3 heteroatoms. The number of likely N-dealkylation sites (tertiary alicyclic amines) is 1. The van der Waals surface area contributed by atoms with E-state index in [9.17, 15) is 4.79 Å². The van der Waals surface area contributed by atoms with Crippen molar-refractivity contribution in [1.29, 1.82) is 0 Å². The first-order valence-corrected chi connectivity index (χ1v) is 6.78. The molecular weight excluding hydrogens is 224 g/mol. The van der Waals surface area contributed by atoms with E-state index in [1.165, 1.54) is 0 Å². The van der Waals surface area contributed by atoms with E-state index in [-0.39, 0.29) is 11.9 Å². The zero-order valence-corrected chi connectivity index (χ0v) is 11.0. The molecule has 1 saturated heterocycles. The van der Waals surface area contributed by atoms with Crippen molar-refractivity contribution in [1.82, 2.24) is 4.90 Å². The van der Waals surface area contributed by atoms with Gasteiger partial charge in [-0.3, -0.25) is 4.79 Å². The molecule has 18 heavy (non-hydrogen) atoms. The minimum absolute atomic E-state index is 0.142. The SMILES string of the molecule is CCC1CCN(C(=O)Cc2ccccc2)CC1N. The highest BCUT2D eigenvalue weighted by Gasteiger charge is 2.27. The van der Waals surface area contributed by atoms with Gasteiger partial charge in [-0.25, -0.2) is 0 Å². The molecule has 1 fully saturated rings. The Balaban J connectivity index is 1.91. The van der Waals surface area contributed by atoms with Crippen LogP contribution in [0.3, 0.4) is 0 Å². The average Bonchev–Trinajstić information content (AvgIpc) is 2.39. The van der Waals surface area contributed by atoms with Crippen LogP contribution in [0.15, 0.2) is 30.3 Å². The molecule has 0 aliphatic carbocycles. The average molecular weight is 246 g/mol. The molecule has 0 radical (unpaired) electrons. The molecule has 1 amide bonds. The number of benzene rings is 1. The fourth-order valence-corrected chi connectivity index (χ4v) is 2.65. The van der Waals surface area contributed by atoms with Crippen LogP contribution in [0.5, 0.6) is 0 Å². The van der Waals surface area contributed by atoms with Gasteiger partial charge in [-0.2, -0.15) is 0 Å². The number of carbonyl (C=O) groups excluding carboxylic acids is 1. The molecule has 0 saturated carbocycles. The standard InChI is InChI=1S/C15H22N2O/c1-2-13-8-9-17(11-14(13)16)15(18)10-12-6-4-3-5-7-12/h3-7,13-14H,2,8-11,16H2,1H3. The Bertz CT molecular complexity index is 391. The summed E-state index contributed by atoms with van der Waals surface area (Å²) in [7, 11) is 0. The molecule has 0 aromatic heterocycles. The first-order valence-electron chi connectivity index (χ1n) is 6.78. The van der Waals surface area contributed by atoms with Crippen LogP contribution in [0.25, 0.3) is 0 Å². The quantitative estimate of drug-likeness (QED) is 0.884. The predicted molar refractivity (Wildman–Crippen MR) is 73.1 cm³/mol. The molecule has 1 aromatic rings. The number of hydrogen-bond donors (Lipinski definition) is 1. The van der Waals surface area contributed by atoms with E-state index >= 15 is 0 Å². The van der Waals surface area contributed by atoms with E-state index in [0.717, 1.165) is 24.9 Å². The van der Waals surface area contributed by atoms with Crippen molar-refractivity contribution in [2.75, 3.05) is 13.1 Å². The topological polar surface area (TPSA) is 46.3 Å². The number of nitrogens with zero attached hydrogens (tertiary/aromatic N) is 1. The van der Waals surface area contributed by atoms with Gasteiger partial charge >= 0.3 is 0 Å². The molecule has 1 aromatic carbocycles. The summed E-state index contributed by atoms with van der Waals surface area (Å²) >= 11 is 0. The molecule has 0 bridgehead atoms. The molecule has 0 spiro atoms. The Labute approximate surface area is 109 Å². The van der Waals surface area contributed by atoms with Crippen LogP contribution in [0.2, 0.25) is 0 Å². The van der Waals surface area contributed by atoms with Gasteiger partial charge in [0.25, 0.3) is 0 Å². The number of nitrogens with two attached hydrogens (primary N) is 1. The summed E-state index contributed by atoms with van der Waals surface area (Å²) in [6.45, 7) is 3.74. The van der Waals surface area contributed by atoms with Crippen LogP contribution in [0.1, 0.15) is 25.3 Å². The van der Waals surface area contributed by atoms with Crippen LogP contribution in [0.4, 0.5) is 0 Å². The van der Waals surface area contributed by atoms with Crippen molar-refractivity contribution in [2.45, 2.75) is 32.2 Å². The third-order valence-corrected chi connectivity index (χ3v) is 3.88. The first-order chi connectivity index (χ1) is 8.70. The van der Waals surface area contributed by atoms with Gasteiger partial charge in [0.1, 0.15) is 0 Å². The van der Waals surface area contributed by atoms with Crippen LogP contribution in [-0.4, -0.2) is 29.9 Å². The highest BCUT2D eigenvalue weighted by Crippen LogP contribution is 2.20. The van der Waals surface area contributed by atoms with Crippen molar-refractivity contribution in [2.24, 2.45) is 11.7 Å². The summed E-state index contributed by atoms with van der Waals surface area (Å²) in [5.41, 5.74) is 7.19. The van der Waals surface area contributed by atoms with Gasteiger partial charge in [0.05, 0.1) is 6.42 Å². The van der Waals surface area contributed by atoms with E-state index in [1.54, 1.807) is 0 Å². The Morgan fingerprint density at radius 1 is 1.39 bits per heavy atom. The Hall–Kier alpha value is -1.35. The second-order valence-electron chi connectivity index (χ2n) is 5.12. The number of hydrogen-bond acceptors (Lipinski definition) is 2. The van der Waals surface area contributed by atoms with E-state index in [4.69, 9.17) is 5.73 Å². The van der Waals surface area contributed by atoms with Crippen molar-refractivity contribution in [3.05, 3.63) is 35.9 Å². The van der Waals surface area contributed by atoms with E-state index in [1.807, 2.05) is 35.2 Å². The van der Waals surface area contributed by atoms with Crippen LogP contribution >= 0.6 is 0 Å². The van der Waals surface area contributed by atoms with Gasteiger partial charge in [0, 0.05) is 19.1 Å². The van der Waals surface area contributed by atoms with Gasteiger partial charge in [-0.1, -0.05) is 43.7 Å². The van der Waals surface area contributed by atoms with Gasteiger partial charge in [-0.15, -0.1) is 0 Å². The van der Waals surface area contributed by atoms with Crippen LogP contribution in [0, 0.1) is 5.92 Å².